The lowest BCUT2D eigenvalue weighted by molar-refractivity contribution is 0.0994. The molecule has 5 N–H and O–H groups in total. The van der Waals surface area contributed by atoms with Crippen LogP contribution in [-0.2, 0) is 12.8 Å². The number of carbonyl (C=O) groups is 1. The fourth-order valence-electron chi connectivity index (χ4n) is 3.82. The average Bonchev–Trinajstić information content (AvgIpc) is 3.23. The Balaban J connectivity index is 1.64. The number of primary amides is 1. The molecule has 1 aliphatic carbocycles. The zero-order chi connectivity index (χ0) is 22.2. The van der Waals surface area contributed by atoms with Crippen LogP contribution in [-0.4, -0.2) is 39.5 Å². The first-order valence-corrected chi connectivity index (χ1v) is 10.2. The minimum absolute atomic E-state index is 0.0555. The smallest absolute Gasteiger partial charge is 0.252 e. The SMILES string of the molecule is CC(C)Oc1ccc(-c2nnc(-c3ccc4c(c3)C[C@](N)(CO)CC4)o2)cc1C(N)=O. The molecule has 0 bridgehead atoms. The number of hydrogen-bond donors (Lipinski definition) is 3. The highest BCUT2D eigenvalue weighted by atomic mass is 16.5. The molecule has 3 aromatic rings. The fraction of sp³-hybridized carbons (Fsp3) is 0.348. The number of aliphatic hydroxyl groups is 1. The molecule has 0 fully saturated rings. The van der Waals surface area contributed by atoms with Gasteiger partial charge in [-0.05, 0) is 74.6 Å². The summed E-state index contributed by atoms with van der Waals surface area (Å²) in [4.78, 5) is 11.9. The van der Waals surface area contributed by atoms with E-state index < -0.39 is 11.4 Å². The molecule has 2 aromatic carbocycles. The predicted molar refractivity (Wildman–Crippen MR) is 115 cm³/mol. The molecule has 1 amide bonds. The van der Waals surface area contributed by atoms with Gasteiger partial charge in [0.15, 0.2) is 0 Å². The Labute approximate surface area is 180 Å². The maximum atomic E-state index is 11.9. The molecule has 4 rings (SSSR count). The number of carbonyl (C=O) groups excluding carboxylic acids is 1. The second-order valence-electron chi connectivity index (χ2n) is 8.33. The summed E-state index contributed by atoms with van der Waals surface area (Å²) in [6.45, 7) is 3.69. The van der Waals surface area contributed by atoms with Crippen molar-refractivity contribution in [1.82, 2.24) is 10.2 Å². The predicted octanol–water partition coefficient (Wildman–Crippen LogP) is 2.47. The highest BCUT2D eigenvalue weighted by Crippen LogP contribution is 2.32. The van der Waals surface area contributed by atoms with Crippen LogP contribution in [0.5, 0.6) is 5.75 Å². The monoisotopic (exact) mass is 422 g/mol. The number of hydrogen-bond acceptors (Lipinski definition) is 7. The van der Waals surface area contributed by atoms with Crippen LogP contribution in [0, 0.1) is 0 Å². The molecule has 0 saturated carbocycles. The van der Waals surface area contributed by atoms with Gasteiger partial charge in [0.25, 0.3) is 5.91 Å². The van der Waals surface area contributed by atoms with Crippen molar-refractivity contribution in [3.8, 4) is 28.7 Å². The van der Waals surface area contributed by atoms with E-state index in [2.05, 4.69) is 10.2 Å². The maximum absolute atomic E-state index is 11.9. The van der Waals surface area contributed by atoms with Gasteiger partial charge in [0.1, 0.15) is 5.75 Å². The molecule has 0 aliphatic heterocycles. The number of ether oxygens (including phenoxy) is 1. The van der Waals surface area contributed by atoms with Crippen molar-refractivity contribution in [1.29, 1.82) is 0 Å². The largest absolute Gasteiger partial charge is 0.490 e. The van der Waals surface area contributed by atoms with Crippen molar-refractivity contribution >= 4 is 5.91 Å². The summed E-state index contributed by atoms with van der Waals surface area (Å²) in [5.74, 6) is 0.448. The Morgan fingerprint density at radius 2 is 1.84 bits per heavy atom. The van der Waals surface area contributed by atoms with Crippen molar-refractivity contribution in [2.24, 2.45) is 11.5 Å². The zero-order valence-electron chi connectivity index (χ0n) is 17.6. The third-order valence-corrected chi connectivity index (χ3v) is 5.48. The second-order valence-corrected chi connectivity index (χ2v) is 8.33. The Hall–Kier alpha value is -3.23. The summed E-state index contributed by atoms with van der Waals surface area (Å²) >= 11 is 0. The average molecular weight is 422 g/mol. The van der Waals surface area contributed by atoms with Crippen molar-refractivity contribution in [3.63, 3.8) is 0 Å². The zero-order valence-corrected chi connectivity index (χ0v) is 17.6. The van der Waals surface area contributed by atoms with Crippen LogP contribution in [0.4, 0.5) is 0 Å². The lowest BCUT2D eigenvalue weighted by Gasteiger charge is -2.33. The van der Waals surface area contributed by atoms with Crippen molar-refractivity contribution in [3.05, 3.63) is 53.1 Å². The second kappa shape index (κ2) is 8.13. The van der Waals surface area contributed by atoms with Gasteiger partial charge in [-0.15, -0.1) is 10.2 Å². The molecule has 0 unspecified atom stereocenters. The summed E-state index contributed by atoms with van der Waals surface area (Å²) in [6, 6.07) is 11.0. The van der Waals surface area contributed by atoms with Gasteiger partial charge < -0.3 is 25.7 Å². The first-order chi connectivity index (χ1) is 14.8. The molecule has 162 valence electrons. The van der Waals surface area contributed by atoms with Crippen molar-refractivity contribution in [2.75, 3.05) is 6.61 Å². The van der Waals surface area contributed by atoms with E-state index in [1.807, 2.05) is 32.0 Å². The highest BCUT2D eigenvalue weighted by molar-refractivity contribution is 5.96. The molecule has 31 heavy (non-hydrogen) atoms. The molecule has 8 heteroatoms. The van der Waals surface area contributed by atoms with Gasteiger partial charge in [-0.2, -0.15) is 0 Å². The lowest BCUT2D eigenvalue weighted by Crippen LogP contribution is -2.48. The first kappa shape index (κ1) is 21.0. The van der Waals surface area contributed by atoms with E-state index in [1.165, 1.54) is 5.56 Å². The highest BCUT2D eigenvalue weighted by Gasteiger charge is 2.30. The van der Waals surface area contributed by atoms with E-state index in [0.717, 1.165) is 24.0 Å². The quantitative estimate of drug-likeness (QED) is 0.555. The molecule has 1 heterocycles. The van der Waals surface area contributed by atoms with E-state index in [4.69, 9.17) is 20.6 Å². The Morgan fingerprint density at radius 3 is 2.48 bits per heavy atom. The van der Waals surface area contributed by atoms with Gasteiger partial charge >= 0.3 is 0 Å². The van der Waals surface area contributed by atoms with Crippen LogP contribution in [0.1, 0.15) is 41.8 Å². The van der Waals surface area contributed by atoms with Crippen molar-refractivity contribution in [2.45, 2.75) is 44.8 Å². The number of nitrogens with zero attached hydrogens (tertiary/aromatic N) is 2. The minimum Gasteiger partial charge on any atom is -0.490 e. The van der Waals surface area contributed by atoms with Gasteiger partial charge in [-0.1, -0.05) is 6.07 Å². The summed E-state index contributed by atoms with van der Waals surface area (Å²) in [7, 11) is 0. The van der Waals surface area contributed by atoms with Crippen LogP contribution < -0.4 is 16.2 Å². The molecular weight excluding hydrogens is 396 g/mol. The van der Waals surface area contributed by atoms with Gasteiger partial charge in [-0.3, -0.25) is 4.79 Å². The van der Waals surface area contributed by atoms with E-state index in [1.54, 1.807) is 18.2 Å². The molecule has 0 saturated heterocycles. The van der Waals surface area contributed by atoms with Crippen molar-refractivity contribution < 1.29 is 19.1 Å². The number of benzene rings is 2. The molecule has 0 spiro atoms. The van der Waals surface area contributed by atoms with E-state index in [9.17, 15) is 9.90 Å². The number of fused-ring (bicyclic) bond motifs is 1. The van der Waals surface area contributed by atoms with Gasteiger partial charge in [0.2, 0.25) is 11.8 Å². The minimum atomic E-state index is -0.601. The standard InChI is InChI=1S/C23H26N4O4/c1-13(2)30-19-6-5-16(10-18(19)20(24)29)22-27-26-21(31-22)15-4-3-14-7-8-23(25,12-28)11-17(14)9-15/h3-6,9-10,13,28H,7-8,11-12,25H2,1-2H3,(H2,24,29)/t23-/m0/s1. The van der Waals surface area contributed by atoms with E-state index in [-0.39, 0.29) is 24.2 Å². The topological polar surface area (TPSA) is 137 Å². The van der Waals surface area contributed by atoms with Gasteiger partial charge in [0, 0.05) is 16.7 Å². The molecule has 8 nitrogen and oxygen atoms in total. The lowest BCUT2D eigenvalue weighted by atomic mass is 9.78. The fourth-order valence-corrected chi connectivity index (χ4v) is 3.82. The Morgan fingerprint density at radius 1 is 1.16 bits per heavy atom. The van der Waals surface area contributed by atoms with Crippen LogP contribution in [0.15, 0.2) is 40.8 Å². The number of aryl methyl sites for hydroxylation is 1. The third kappa shape index (κ3) is 4.30. The molecule has 1 aliphatic rings. The van der Waals surface area contributed by atoms with E-state index in [0.29, 0.717) is 23.6 Å². The van der Waals surface area contributed by atoms with Gasteiger partial charge in [-0.25, -0.2) is 0 Å². The molecule has 0 radical (unpaired) electrons. The molecule has 1 atom stereocenters. The first-order valence-electron chi connectivity index (χ1n) is 10.2. The number of aliphatic hydroxyl groups excluding tert-OH is 1. The summed E-state index contributed by atoms with van der Waals surface area (Å²) in [5.41, 5.74) is 15.1. The maximum Gasteiger partial charge on any atom is 0.252 e. The summed E-state index contributed by atoms with van der Waals surface area (Å²) in [5, 5.41) is 17.9. The number of nitrogens with two attached hydrogens (primary N) is 2. The third-order valence-electron chi connectivity index (χ3n) is 5.48. The number of amides is 1. The van der Waals surface area contributed by atoms with Crippen LogP contribution in [0.2, 0.25) is 0 Å². The number of aromatic nitrogens is 2. The summed E-state index contributed by atoms with van der Waals surface area (Å²) < 4.78 is 11.5. The van der Waals surface area contributed by atoms with Crippen LogP contribution >= 0.6 is 0 Å². The Kier molecular flexibility index (Phi) is 5.51. The van der Waals surface area contributed by atoms with Crippen LogP contribution in [0.3, 0.4) is 0 Å². The van der Waals surface area contributed by atoms with E-state index >= 15 is 0 Å². The van der Waals surface area contributed by atoms with Gasteiger partial charge in [0.05, 0.1) is 18.3 Å². The summed E-state index contributed by atoms with van der Waals surface area (Å²) in [6.07, 6.45) is 2.07. The Bertz CT molecular complexity index is 1120. The van der Waals surface area contributed by atoms with Crippen LogP contribution in [0.25, 0.3) is 22.9 Å². The molecular formula is C23H26N4O4. The number of rotatable bonds is 6. The molecule has 1 aromatic heterocycles. The normalized spacial score (nSPS) is 18.1.